The number of ether oxygens (including phenoxy) is 2. The van der Waals surface area contributed by atoms with E-state index in [1.807, 2.05) is 0 Å². The van der Waals surface area contributed by atoms with Gasteiger partial charge in [-0.05, 0) is 35.9 Å². The predicted molar refractivity (Wildman–Crippen MR) is 82.4 cm³/mol. The molecule has 0 aliphatic carbocycles. The minimum atomic E-state index is -0.697. The molecule has 1 aliphatic rings. The molecule has 1 aliphatic heterocycles. The maximum Gasteiger partial charge on any atom is 0.310 e. The highest BCUT2D eigenvalue weighted by atomic mass is 16.7. The number of hydrogen-bond donors (Lipinski definition) is 2. The first-order chi connectivity index (χ1) is 11.5. The molecule has 0 bridgehead atoms. The second-order valence-corrected chi connectivity index (χ2v) is 4.77. The molecule has 2 N–H and O–H groups in total. The molecule has 0 saturated carbocycles. The number of phenolic OH excluding ortho intramolecular Hbond substituents is 1. The van der Waals surface area contributed by atoms with Crippen molar-refractivity contribution in [3.05, 3.63) is 57.6 Å². The number of fused-ring (bicyclic) bond motifs is 1. The zero-order valence-corrected chi connectivity index (χ0v) is 12.1. The highest BCUT2D eigenvalue weighted by molar-refractivity contribution is 5.95. The lowest BCUT2D eigenvalue weighted by Crippen LogP contribution is -2.17. The first-order valence-electron chi connectivity index (χ1n) is 6.75. The molecule has 122 valence electrons. The van der Waals surface area contributed by atoms with Gasteiger partial charge in [0.2, 0.25) is 6.79 Å². The van der Waals surface area contributed by atoms with Crippen LogP contribution in [-0.4, -0.2) is 28.9 Å². The molecule has 24 heavy (non-hydrogen) atoms. The SMILES string of the molecule is O=C(N/N=C/c1ccc([N+](=O)[O-])c(O)c1)c1ccc2c(c1)OCO2. The van der Waals surface area contributed by atoms with Crippen molar-refractivity contribution in [1.29, 1.82) is 0 Å². The fourth-order valence-electron chi connectivity index (χ4n) is 2.04. The normalized spacial score (nSPS) is 12.3. The van der Waals surface area contributed by atoms with Gasteiger partial charge in [-0.15, -0.1) is 0 Å². The van der Waals surface area contributed by atoms with Crippen LogP contribution in [0.1, 0.15) is 15.9 Å². The number of amides is 1. The summed E-state index contributed by atoms with van der Waals surface area (Å²) in [4.78, 5) is 21.9. The Bertz CT molecular complexity index is 849. The third-order valence-electron chi connectivity index (χ3n) is 3.21. The van der Waals surface area contributed by atoms with Crippen molar-refractivity contribution in [2.24, 2.45) is 5.10 Å². The quantitative estimate of drug-likeness (QED) is 0.501. The number of carbonyl (C=O) groups is 1. The fraction of sp³-hybridized carbons (Fsp3) is 0.0667. The Balaban J connectivity index is 1.66. The van der Waals surface area contributed by atoms with Gasteiger partial charge in [-0.2, -0.15) is 5.10 Å². The van der Waals surface area contributed by atoms with Gasteiger partial charge in [-0.1, -0.05) is 0 Å². The summed E-state index contributed by atoms with van der Waals surface area (Å²) in [6, 6.07) is 8.44. The molecule has 0 spiro atoms. The van der Waals surface area contributed by atoms with Crippen LogP contribution in [0.2, 0.25) is 0 Å². The van der Waals surface area contributed by atoms with Crippen LogP contribution in [0.5, 0.6) is 17.2 Å². The summed E-state index contributed by atoms with van der Waals surface area (Å²) in [6.45, 7) is 0.113. The Morgan fingerprint density at radius 1 is 1.25 bits per heavy atom. The van der Waals surface area contributed by atoms with Gasteiger partial charge in [0.25, 0.3) is 5.91 Å². The maximum atomic E-state index is 12.0. The van der Waals surface area contributed by atoms with E-state index < -0.39 is 22.3 Å². The van der Waals surface area contributed by atoms with Crippen molar-refractivity contribution in [3.63, 3.8) is 0 Å². The van der Waals surface area contributed by atoms with E-state index in [1.54, 1.807) is 12.1 Å². The minimum absolute atomic E-state index is 0.113. The fourth-order valence-corrected chi connectivity index (χ4v) is 2.04. The smallest absolute Gasteiger partial charge is 0.310 e. The van der Waals surface area contributed by atoms with Gasteiger partial charge in [0.1, 0.15) is 0 Å². The molecule has 9 heteroatoms. The van der Waals surface area contributed by atoms with Crippen molar-refractivity contribution in [2.45, 2.75) is 0 Å². The second kappa shape index (κ2) is 6.24. The Labute approximate surface area is 135 Å². The van der Waals surface area contributed by atoms with Gasteiger partial charge in [0.15, 0.2) is 17.2 Å². The van der Waals surface area contributed by atoms with E-state index in [-0.39, 0.29) is 6.79 Å². The molecule has 0 radical (unpaired) electrons. The number of aromatic hydroxyl groups is 1. The summed E-state index contributed by atoms with van der Waals surface area (Å²) in [7, 11) is 0. The lowest BCUT2D eigenvalue weighted by atomic mass is 10.2. The van der Waals surface area contributed by atoms with E-state index >= 15 is 0 Å². The van der Waals surface area contributed by atoms with Crippen molar-refractivity contribution in [1.82, 2.24) is 5.43 Å². The number of hydrazone groups is 1. The minimum Gasteiger partial charge on any atom is -0.502 e. The number of phenols is 1. The molecule has 0 unspecified atom stereocenters. The van der Waals surface area contributed by atoms with E-state index in [4.69, 9.17) is 9.47 Å². The molecular weight excluding hydrogens is 318 g/mol. The Kier molecular flexibility index (Phi) is 3.98. The predicted octanol–water partition coefficient (Wildman–Crippen LogP) is 1.79. The molecule has 1 amide bonds. The van der Waals surface area contributed by atoms with Crippen molar-refractivity contribution < 1.29 is 24.3 Å². The number of hydrogen-bond acceptors (Lipinski definition) is 7. The molecule has 1 heterocycles. The molecule has 0 atom stereocenters. The number of nitro benzene ring substituents is 1. The third-order valence-corrected chi connectivity index (χ3v) is 3.21. The Morgan fingerprint density at radius 3 is 2.79 bits per heavy atom. The molecule has 0 saturated heterocycles. The van der Waals surface area contributed by atoms with Gasteiger partial charge in [-0.3, -0.25) is 14.9 Å². The van der Waals surface area contributed by atoms with Crippen molar-refractivity contribution >= 4 is 17.8 Å². The molecule has 0 aromatic heterocycles. The van der Waals surface area contributed by atoms with Crippen LogP contribution in [-0.2, 0) is 0 Å². The topological polar surface area (TPSA) is 123 Å². The zero-order chi connectivity index (χ0) is 17.1. The monoisotopic (exact) mass is 329 g/mol. The summed E-state index contributed by atoms with van der Waals surface area (Å²) in [5, 5.41) is 23.9. The van der Waals surface area contributed by atoms with E-state index in [2.05, 4.69) is 10.5 Å². The summed E-state index contributed by atoms with van der Waals surface area (Å²) >= 11 is 0. The maximum absolute atomic E-state index is 12.0. The largest absolute Gasteiger partial charge is 0.502 e. The summed E-state index contributed by atoms with van der Waals surface area (Å²) < 4.78 is 10.3. The Morgan fingerprint density at radius 2 is 2.04 bits per heavy atom. The van der Waals surface area contributed by atoms with E-state index in [0.29, 0.717) is 22.6 Å². The number of benzene rings is 2. The molecule has 9 nitrogen and oxygen atoms in total. The second-order valence-electron chi connectivity index (χ2n) is 4.77. The number of nitro groups is 1. The highest BCUT2D eigenvalue weighted by Gasteiger charge is 2.16. The number of nitrogens with zero attached hydrogens (tertiary/aromatic N) is 2. The van der Waals surface area contributed by atoms with E-state index in [1.165, 1.54) is 24.4 Å². The van der Waals surface area contributed by atoms with Gasteiger partial charge < -0.3 is 14.6 Å². The van der Waals surface area contributed by atoms with Crippen LogP contribution in [0.4, 0.5) is 5.69 Å². The Hall–Kier alpha value is -3.62. The van der Waals surface area contributed by atoms with E-state index in [0.717, 1.165) is 6.07 Å². The van der Waals surface area contributed by atoms with Gasteiger partial charge in [0, 0.05) is 11.6 Å². The van der Waals surface area contributed by atoms with Crippen LogP contribution in [0.3, 0.4) is 0 Å². The summed E-state index contributed by atoms with van der Waals surface area (Å²) in [6.07, 6.45) is 1.26. The standard InChI is InChI=1S/C15H11N3O6/c19-12-5-9(1-3-11(12)18(21)22)7-16-17-15(20)10-2-4-13-14(6-10)24-8-23-13/h1-7,19H,8H2,(H,17,20)/b16-7+. The van der Waals surface area contributed by atoms with Crippen molar-refractivity contribution in [2.75, 3.05) is 6.79 Å². The number of nitrogens with one attached hydrogen (secondary N) is 1. The lowest BCUT2D eigenvalue weighted by Gasteiger charge is -2.02. The van der Waals surface area contributed by atoms with Crippen molar-refractivity contribution in [3.8, 4) is 17.2 Å². The summed E-state index contributed by atoms with van der Waals surface area (Å²) in [5.41, 5.74) is 2.64. The van der Waals surface area contributed by atoms with Crippen LogP contribution >= 0.6 is 0 Å². The molecule has 3 rings (SSSR count). The molecule has 2 aromatic carbocycles. The highest BCUT2D eigenvalue weighted by Crippen LogP contribution is 2.32. The molecule has 0 fully saturated rings. The first-order valence-corrected chi connectivity index (χ1v) is 6.75. The van der Waals surface area contributed by atoms with Crippen LogP contribution in [0.25, 0.3) is 0 Å². The van der Waals surface area contributed by atoms with Gasteiger partial charge in [-0.25, -0.2) is 5.43 Å². The molecular formula is C15H11N3O6. The van der Waals surface area contributed by atoms with E-state index in [9.17, 15) is 20.0 Å². The third kappa shape index (κ3) is 3.09. The van der Waals surface area contributed by atoms with Crippen LogP contribution in [0.15, 0.2) is 41.5 Å². The average Bonchev–Trinajstić information content (AvgIpc) is 3.02. The molecule has 2 aromatic rings. The van der Waals surface area contributed by atoms with Crippen LogP contribution in [0, 0.1) is 10.1 Å². The number of carbonyl (C=O) groups excluding carboxylic acids is 1. The average molecular weight is 329 g/mol. The van der Waals surface area contributed by atoms with Gasteiger partial charge >= 0.3 is 5.69 Å². The number of rotatable bonds is 4. The van der Waals surface area contributed by atoms with Crippen LogP contribution < -0.4 is 14.9 Å². The van der Waals surface area contributed by atoms with Gasteiger partial charge in [0.05, 0.1) is 11.1 Å². The zero-order valence-electron chi connectivity index (χ0n) is 12.1. The first kappa shape index (κ1) is 15.3. The lowest BCUT2D eigenvalue weighted by molar-refractivity contribution is -0.385. The summed E-state index contributed by atoms with van der Waals surface area (Å²) in [5.74, 6) is 0.102.